The summed E-state index contributed by atoms with van der Waals surface area (Å²) >= 11 is 13.9. The highest BCUT2D eigenvalue weighted by atomic mass is 35.5. The highest BCUT2D eigenvalue weighted by Gasteiger charge is 2.37. The van der Waals surface area contributed by atoms with Crippen LogP contribution in [-0.4, -0.2) is 59.5 Å². The number of halogens is 2. The Morgan fingerprint density at radius 3 is 2.52 bits per heavy atom. The summed E-state index contributed by atoms with van der Waals surface area (Å²) in [6, 6.07) is 14.0. The number of hydrogen-bond acceptors (Lipinski definition) is 8. The molecule has 2 amide bonds. The fourth-order valence-electron chi connectivity index (χ4n) is 6.09. The van der Waals surface area contributed by atoms with Gasteiger partial charge in [-0.1, -0.05) is 53.5 Å². The molecule has 1 aliphatic heterocycles. The van der Waals surface area contributed by atoms with Gasteiger partial charge in [0.1, 0.15) is 5.56 Å². The molecule has 2 aromatic carbocycles. The van der Waals surface area contributed by atoms with Gasteiger partial charge in [-0.2, -0.15) is 5.10 Å². The molecule has 3 N–H and O–H groups in total. The molecule has 3 unspecified atom stereocenters. The number of methoxy groups -OCH3 is 2. The Morgan fingerprint density at radius 2 is 1.80 bits per heavy atom. The number of aromatic nitrogens is 3. The molecule has 46 heavy (non-hydrogen) atoms. The summed E-state index contributed by atoms with van der Waals surface area (Å²) in [7, 11) is 4.73. The SMILES string of the molecule is COc1nc(-c2cccc(-c3cccc(NC(=O)c4ccnn(C)c4=O)c3Cl)c2Cl)cc2c1C(NCC1CCC(=O)N1)C(OC)C2. The molecule has 3 atom stereocenters. The first-order valence-corrected chi connectivity index (χ1v) is 15.5. The lowest BCUT2D eigenvalue weighted by Gasteiger charge is -2.23. The molecule has 6 rings (SSSR count). The van der Waals surface area contributed by atoms with Gasteiger partial charge >= 0.3 is 0 Å². The molecule has 2 aromatic heterocycles. The summed E-state index contributed by atoms with van der Waals surface area (Å²) in [6.07, 6.45) is 3.19. The van der Waals surface area contributed by atoms with Crippen LogP contribution in [0, 0.1) is 0 Å². The number of fused-ring (bicyclic) bond motifs is 1. The van der Waals surface area contributed by atoms with E-state index >= 15 is 0 Å². The Balaban J connectivity index is 1.31. The fourth-order valence-corrected chi connectivity index (χ4v) is 6.69. The molecular formula is C33H32Cl2N6O5. The minimum Gasteiger partial charge on any atom is -0.481 e. The Morgan fingerprint density at radius 1 is 1.07 bits per heavy atom. The predicted octanol–water partition coefficient (Wildman–Crippen LogP) is 4.56. The number of anilines is 1. The van der Waals surface area contributed by atoms with Crippen molar-refractivity contribution in [1.82, 2.24) is 25.4 Å². The smallest absolute Gasteiger partial charge is 0.279 e. The fraction of sp³-hybridized carbons (Fsp3) is 0.303. The van der Waals surface area contributed by atoms with Gasteiger partial charge in [-0.05, 0) is 30.2 Å². The molecule has 0 saturated carbocycles. The van der Waals surface area contributed by atoms with E-state index in [9.17, 15) is 14.4 Å². The first-order chi connectivity index (χ1) is 22.2. The van der Waals surface area contributed by atoms with Crippen LogP contribution in [0.15, 0.2) is 59.5 Å². The number of pyridine rings is 1. The number of ether oxygens (including phenoxy) is 2. The highest BCUT2D eigenvalue weighted by molar-refractivity contribution is 6.39. The van der Waals surface area contributed by atoms with Crippen LogP contribution in [0.3, 0.4) is 0 Å². The number of nitrogens with zero attached hydrogens (tertiary/aromatic N) is 3. The molecule has 2 aliphatic rings. The third-order valence-electron chi connectivity index (χ3n) is 8.44. The molecular weight excluding hydrogens is 631 g/mol. The van der Waals surface area contributed by atoms with Crippen LogP contribution in [0.2, 0.25) is 10.0 Å². The highest BCUT2D eigenvalue weighted by Crippen LogP contribution is 2.44. The van der Waals surface area contributed by atoms with Crippen LogP contribution in [0.25, 0.3) is 22.4 Å². The average molecular weight is 664 g/mol. The second-order valence-corrected chi connectivity index (χ2v) is 12.0. The third kappa shape index (κ3) is 5.99. The van der Waals surface area contributed by atoms with E-state index < -0.39 is 11.5 Å². The lowest BCUT2D eigenvalue weighted by Crippen LogP contribution is -2.40. The van der Waals surface area contributed by atoms with Gasteiger partial charge < -0.3 is 25.4 Å². The normalized spacial score (nSPS) is 18.7. The zero-order valence-corrected chi connectivity index (χ0v) is 26.9. The van der Waals surface area contributed by atoms with Gasteiger partial charge in [-0.15, -0.1) is 0 Å². The first kappa shape index (κ1) is 31.7. The quantitative estimate of drug-likeness (QED) is 0.237. The number of benzene rings is 2. The number of carbonyl (C=O) groups excluding carboxylic acids is 2. The monoisotopic (exact) mass is 662 g/mol. The maximum atomic E-state index is 12.9. The summed E-state index contributed by atoms with van der Waals surface area (Å²) in [4.78, 5) is 41.9. The number of hydrogen-bond donors (Lipinski definition) is 3. The first-order valence-electron chi connectivity index (χ1n) is 14.7. The van der Waals surface area contributed by atoms with Gasteiger partial charge in [-0.25, -0.2) is 9.67 Å². The van der Waals surface area contributed by atoms with Gasteiger partial charge in [0.05, 0.1) is 40.7 Å². The minimum atomic E-state index is -0.605. The van der Waals surface area contributed by atoms with Gasteiger partial charge in [0.15, 0.2) is 0 Å². The van der Waals surface area contributed by atoms with Gasteiger partial charge in [0.2, 0.25) is 11.8 Å². The largest absolute Gasteiger partial charge is 0.481 e. The summed E-state index contributed by atoms with van der Waals surface area (Å²) < 4.78 is 12.7. The van der Waals surface area contributed by atoms with E-state index in [1.54, 1.807) is 32.4 Å². The van der Waals surface area contributed by atoms with E-state index in [2.05, 4.69) is 21.0 Å². The molecule has 4 aromatic rings. The van der Waals surface area contributed by atoms with Crippen molar-refractivity contribution in [3.63, 3.8) is 0 Å². The van der Waals surface area contributed by atoms with E-state index in [0.29, 0.717) is 58.4 Å². The summed E-state index contributed by atoms with van der Waals surface area (Å²) in [5.74, 6) is -0.0716. The molecule has 1 aliphatic carbocycles. The second kappa shape index (κ2) is 13.2. The van der Waals surface area contributed by atoms with Crippen molar-refractivity contribution in [2.45, 2.75) is 37.5 Å². The lowest BCUT2D eigenvalue weighted by atomic mass is 9.99. The number of amides is 2. The number of rotatable bonds is 9. The van der Waals surface area contributed by atoms with Crippen LogP contribution >= 0.6 is 23.2 Å². The summed E-state index contributed by atoms with van der Waals surface area (Å²) in [6.45, 7) is 0.605. The lowest BCUT2D eigenvalue weighted by molar-refractivity contribution is -0.119. The zero-order chi connectivity index (χ0) is 32.5. The molecule has 3 heterocycles. The summed E-state index contributed by atoms with van der Waals surface area (Å²) in [5.41, 5.74) is 4.19. The van der Waals surface area contributed by atoms with Crippen molar-refractivity contribution in [2.75, 3.05) is 26.1 Å². The maximum Gasteiger partial charge on any atom is 0.279 e. The van der Waals surface area contributed by atoms with Crippen molar-refractivity contribution in [3.05, 3.63) is 91.8 Å². The van der Waals surface area contributed by atoms with Crippen molar-refractivity contribution in [2.24, 2.45) is 7.05 Å². The van der Waals surface area contributed by atoms with Crippen LogP contribution < -0.4 is 26.2 Å². The van der Waals surface area contributed by atoms with Crippen molar-refractivity contribution < 1.29 is 19.1 Å². The summed E-state index contributed by atoms with van der Waals surface area (Å²) in [5, 5.41) is 13.8. The number of nitrogens with one attached hydrogen (secondary N) is 3. The van der Waals surface area contributed by atoms with E-state index in [0.717, 1.165) is 22.2 Å². The Kier molecular flexibility index (Phi) is 9.10. The van der Waals surface area contributed by atoms with Crippen molar-refractivity contribution in [3.8, 4) is 28.3 Å². The topological polar surface area (TPSA) is 136 Å². The van der Waals surface area contributed by atoms with E-state index in [1.165, 1.54) is 19.3 Å². The Bertz CT molecular complexity index is 1900. The molecule has 1 fully saturated rings. The van der Waals surface area contributed by atoms with Gasteiger partial charge in [-0.3, -0.25) is 14.4 Å². The van der Waals surface area contributed by atoms with Gasteiger partial charge in [0.25, 0.3) is 11.5 Å². The maximum absolute atomic E-state index is 12.9. The van der Waals surface area contributed by atoms with Gasteiger partial charge in [0, 0.05) is 68.0 Å². The Hall–Kier alpha value is -4.29. The second-order valence-electron chi connectivity index (χ2n) is 11.2. The third-order valence-corrected chi connectivity index (χ3v) is 9.25. The molecule has 13 heteroatoms. The van der Waals surface area contributed by atoms with Crippen molar-refractivity contribution in [1.29, 1.82) is 0 Å². The van der Waals surface area contributed by atoms with Crippen LogP contribution in [-0.2, 0) is 23.0 Å². The number of carbonyl (C=O) groups is 2. The molecule has 11 nitrogen and oxygen atoms in total. The predicted molar refractivity (Wildman–Crippen MR) is 176 cm³/mol. The minimum absolute atomic E-state index is 0.0610. The molecule has 0 bridgehead atoms. The number of aryl methyl sites for hydroxylation is 1. The van der Waals surface area contributed by atoms with E-state index in [1.807, 2.05) is 24.3 Å². The molecule has 238 valence electrons. The van der Waals surface area contributed by atoms with Crippen LogP contribution in [0.5, 0.6) is 5.88 Å². The van der Waals surface area contributed by atoms with Crippen LogP contribution in [0.4, 0.5) is 5.69 Å². The molecule has 0 radical (unpaired) electrons. The van der Waals surface area contributed by atoms with E-state index in [-0.39, 0.29) is 34.7 Å². The Labute approximate surface area is 275 Å². The zero-order valence-electron chi connectivity index (χ0n) is 25.4. The van der Waals surface area contributed by atoms with E-state index in [4.69, 9.17) is 37.7 Å². The molecule has 1 saturated heterocycles. The average Bonchev–Trinajstić information content (AvgIpc) is 3.64. The van der Waals surface area contributed by atoms with Crippen molar-refractivity contribution >= 4 is 40.7 Å². The molecule has 0 spiro atoms. The standard InChI is InChI=1S/C33H32Cl2N6O5/c1-41-33(44)22(12-13-37-41)31(43)39-23-9-5-7-20(29(23)35)19-6-4-8-21(28(19)34)24-14-17-15-25(45-2)30(27(17)32(40-24)46-3)36-16-18-10-11-26(42)38-18/h4-9,12-14,18,25,30,36H,10-11,15-16H2,1-3H3,(H,38,42)(H,39,43). The van der Waals surface area contributed by atoms with Crippen LogP contribution in [0.1, 0.15) is 40.4 Å².